The third kappa shape index (κ3) is 5.76. The van der Waals surface area contributed by atoms with Gasteiger partial charge in [-0.05, 0) is 50.6 Å². The Bertz CT molecular complexity index is 1300. The average Bonchev–Trinajstić information content (AvgIpc) is 3.22. The van der Waals surface area contributed by atoms with Gasteiger partial charge in [0.05, 0.1) is 17.1 Å². The zero-order valence-electron chi connectivity index (χ0n) is 19.8. The van der Waals surface area contributed by atoms with Crippen molar-refractivity contribution in [2.45, 2.75) is 44.7 Å². The molecular weight excluding hydrogens is 475 g/mol. The van der Waals surface area contributed by atoms with E-state index in [2.05, 4.69) is 26.1 Å². The van der Waals surface area contributed by atoms with Gasteiger partial charge in [-0.1, -0.05) is 12.1 Å². The predicted molar refractivity (Wildman–Crippen MR) is 125 cm³/mol. The Kier molecular flexibility index (Phi) is 6.63. The van der Waals surface area contributed by atoms with E-state index < -0.39 is 18.1 Å². The number of halogens is 3. The van der Waals surface area contributed by atoms with E-state index in [0.29, 0.717) is 22.2 Å². The molecule has 0 spiro atoms. The van der Waals surface area contributed by atoms with Crippen molar-refractivity contribution in [2.75, 3.05) is 18.4 Å². The number of hydrogen-bond acceptors (Lipinski definition) is 7. The van der Waals surface area contributed by atoms with Crippen molar-refractivity contribution in [3.8, 4) is 11.8 Å². The molecule has 1 amide bonds. The lowest BCUT2D eigenvalue weighted by Crippen LogP contribution is -2.36. The number of ether oxygens (including phenoxy) is 2. The minimum atomic E-state index is -4.79. The number of benzene rings is 2. The van der Waals surface area contributed by atoms with E-state index in [4.69, 9.17) is 4.74 Å². The molecule has 188 valence electrons. The maximum absolute atomic E-state index is 12.8. The summed E-state index contributed by atoms with van der Waals surface area (Å²) in [7, 11) is 0. The van der Waals surface area contributed by atoms with Crippen LogP contribution in [0.25, 0.3) is 10.9 Å². The molecule has 1 fully saturated rings. The van der Waals surface area contributed by atoms with Crippen LogP contribution in [0.2, 0.25) is 0 Å². The Balaban J connectivity index is 1.65. The normalized spacial score (nSPS) is 18.1. The Morgan fingerprint density at radius 2 is 1.86 bits per heavy atom. The zero-order valence-corrected chi connectivity index (χ0v) is 19.8. The minimum Gasteiger partial charge on any atom is -0.444 e. The number of anilines is 1. The smallest absolute Gasteiger partial charge is 0.444 e. The zero-order chi connectivity index (χ0) is 26.1. The maximum Gasteiger partial charge on any atom is 0.573 e. The van der Waals surface area contributed by atoms with Crippen LogP contribution in [-0.2, 0) is 4.74 Å². The van der Waals surface area contributed by atoms with Gasteiger partial charge in [-0.15, -0.1) is 13.2 Å². The molecule has 2 aromatic carbocycles. The van der Waals surface area contributed by atoms with Crippen LogP contribution < -0.4 is 10.1 Å². The quantitative estimate of drug-likeness (QED) is 0.526. The van der Waals surface area contributed by atoms with Gasteiger partial charge in [0.1, 0.15) is 23.7 Å². The van der Waals surface area contributed by atoms with Crippen molar-refractivity contribution in [1.29, 1.82) is 5.26 Å². The van der Waals surface area contributed by atoms with Crippen molar-refractivity contribution in [3.63, 3.8) is 0 Å². The highest BCUT2D eigenvalue weighted by molar-refractivity contribution is 5.94. The van der Waals surface area contributed by atoms with E-state index >= 15 is 0 Å². The van der Waals surface area contributed by atoms with E-state index in [-0.39, 0.29) is 30.8 Å². The van der Waals surface area contributed by atoms with Crippen LogP contribution in [0.4, 0.5) is 23.7 Å². The summed E-state index contributed by atoms with van der Waals surface area (Å²) in [6, 6.07) is 10.8. The molecule has 1 aliphatic heterocycles. The lowest BCUT2D eigenvalue weighted by molar-refractivity contribution is -0.274. The lowest BCUT2D eigenvalue weighted by Gasteiger charge is -2.24. The van der Waals surface area contributed by atoms with Crippen molar-refractivity contribution < 1.29 is 27.4 Å². The third-order valence-corrected chi connectivity index (χ3v) is 5.65. The number of hydrogen-bond donors (Lipinski definition) is 1. The first-order chi connectivity index (χ1) is 16.9. The fraction of sp³-hybridized carbons (Fsp3) is 0.360. The number of carbonyl (C=O) groups is 1. The number of nitrogens with one attached hydrogen (secondary N) is 1. The number of likely N-dealkylation sites (tertiary alicyclic amines) is 1. The van der Waals surface area contributed by atoms with E-state index in [1.54, 1.807) is 56.1 Å². The summed E-state index contributed by atoms with van der Waals surface area (Å²) in [6.07, 6.45) is -2.31. The summed E-state index contributed by atoms with van der Waals surface area (Å²) >= 11 is 0. The van der Waals surface area contributed by atoms with Gasteiger partial charge in [0.25, 0.3) is 0 Å². The summed E-state index contributed by atoms with van der Waals surface area (Å²) < 4.78 is 47.3. The number of nitriles is 1. The van der Waals surface area contributed by atoms with Gasteiger partial charge in [0.2, 0.25) is 0 Å². The first kappa shape index (κ1) is 25.0. The minimum absolute atomic E-state index is 0.271. The molecule has 1 N–H and O–H groups in total. The molecule has 0 saturated carbocycles. The van der Waals surface area contributed by atoms with Gasteiger partial charge in [-0.25, -0.2) is 14.8 Å². The highest BCUT2D eigenvalue weighted by Gasteiger charge is 2.38. The van der Waals surface area contributed by atoms with Crippen LogP contribution in [-0.4, -0.2) is 52.1 Å². The Hall–Kier alpha value is -4.07. The second-order valence-electron chi connectivity index (χ2n) is 9.42. The van der Waals surface area contributed by atoms with Gasteiger partial charge < -0.3 is 19.7 Å². The molecule has 0 bridgehead atoms. The largest absolute Gasteiger partial charge is 0.573 e. The number of rotatable bonds is 4. The number of amides is 1. The van der Waals surface area contributed by atoms with E-state index in [9.17, 15) is 23.2 Å². The molecule has 1 aromatic heterocycles. The lowest BCUT2D eigenvalue weighted by atomic mass is 9.93. The van der Waals surface area contributed by atoms with Crippen molar-refractivity contribution in [3.05, 3.63) is 60.0 Å². The first-order valence-electron chi connectivity index (χ1n) is 11.2. The molecule has 4 rings (SSSR count). The summed E-state index contributed by atoms with van der Waals surface area (Å²) in [5.74, 6) is -0.597. The number of aromatic nitrogens is 2. The second-order valence-corrected chi connectivity index (χ2v) is 9.42. The topological polar surface area (TPSA) is 100 Å². The second kappa shape index (κ2) is 9.53. The van der Waals surface area contributed by atoms with Gasteiger partial charge in [-0.2, -0.15) is 5.26 Å². The average molecular weight is 499 g/mol. The summed E-state index contributed by atoms with van der Waals surface area (Å²) in [6.45, 7) is 5.90. The van der Waals surface area contributed by atoms with Crippen LogP contribution >= 0.6 is 0 Å². The van der Waals surface area contributed by atoms with Crippen LogP contribution in [0.1, 0.15) is 37.8 Å². The fourth-order valence-corrected chi connectivity index (χ4v) is 4.17. The number of fused-ring (bicyclic) bond motifs is 1. The van der Waals surface area contributed by atoms with Gasteiger partial charge in [0, 0.05) is 36.3 Å². The molecule has 36 heavy (non-hydrogen) atoms. The molecule has 2 heterocycles. The Morgan fingerprint density at radius 3 is 2.50 bits per heavy atom. The SMILES string of the molecule is CC(C)(C)OC(=O)N1CC(Nc2ccc(C#N)c3ncncc23)C(c2ccc(OC(F)(F)F)cc2)C1. The van der Waals surface area contributed by atoms with Gasteiger partial charge >= 0.3 is 12.5 Å². The molecule has 2 atom stereocenters. The maximum atomic E-state index is 12.8. The number of carbonyl (C=O) groups excluding carboxylic acids is 1. The van der Waals surface area contributed by atoms with Gasteiger partial charge in [-0.3, -0.25) is 0 Å². The van der Waals surface area contributed by atoms with Crippen molar-refractivity contribution >= 4 is 22.7 Å². The molecule has 3 aromatic rings. The van der Waals surface area contributed by atoms with Crippen LogP contribution in [0.5, 0.6) is 5.75 Å². The number of alkyl halides is 3. The summed E-state index contributed by atoms with van der Waals surface area (Å²) in [5.41, 5.74) is 1.60. The monoisotopic (exact) mass is 499 g/mol. The van der Waals surface area contributed by atoms with Crippen molar-refractivity contribution in [1.82, 2.24) is 14.9 Å². The summed E-state index contributed by atoms with van der Waals surface area (Å²) in [5, 5.41) is 13.5. The van der Waals surface area contributed by atoms with Crippen molar-refractivity contribution in [2.24, 2.45) is 0 Å². The molecule has 0 radical (unpaired) electrons. The Labute approximate surface area is 205 Å². The van der Waals surface area contributed by atoms with E-state index in [1.807, 2.05) is 0 Å². The summed E-state index contributed by atoms with van der Waals surface area (Å²) in [4.78, 5) is 22.7. The standard InChI is InChI=1S/C25H24F3N5O3/c1-24(2,3)36-23(34)33-12-19(15-4-7-17(8-5-15)35-25(26,27)28)21(13-33)32-20-9-6-16(10-29)22-18(20)11-30-14-31-22/h4-9,11,14,19,21,32H,12-13H2,1-3H3. The first-order valence-corrected chi connectivity index (χ1v) is 11.2. The molecule has 1 aliphatic rings. The molecule has 1 saturated heterocycles. The fourth-order valence-electron chi connectivity index (χ4n) is 4.17. The number of nitrogens with zero attached hydrogens (tertiary/aromatic N) is 4. The molecular formula is C25H24F3N5O3. The Morgan fingerprint density at radius 1 is 1.14 bits per heavy atom. The van der Waals surface area contributed by atoms with Crippen LogP contribution in [0.3, 0.4) is 0 Å². The third-order valence-electron chi connectivity index (χ3n) is 5.65. The highest BCUT2D eigenvalue weighted by Crippen LogP contribution is 2.34. The van der Waals surface area contributed by atoms with Crippen LogP contribution in [0, 0.1) is 11.3 Å². The molecule has 11 heteroatoms. The van der Waals surface area contributed by atoms with E-state index in [1.165, 1.54) is 18.5 Å². The van der Waals surface area contributed by atoms with E-state index in [0.717, 1.165) is 5.56 Å². The molecule has 0 aliphatic carbocycles. The highest BCUT2D eigenvalue weighted by atomic mass is 19.4. The van der Waals surface area contributed by atoms with Crippen LogP contribution in [0.15, 0.2) is 48.9 Å². The molecule has 8 nitrogen and oxygen atoms in total. The van der Waals surface area contributed by atoms with Gasteiger partial charge in [0.15, 0.2) is 0 Å². The predicted octanol–water partition coefficient (Wildman–Crippen LogP) is 5.22. The molecule has 2 unspecified atom stereocenters.